The average molecular weight is 333 g/mol. The van der Waals surface area contributed by atoms with Gasteiger partial charge in [0, 0.05) is 30.5 Å². The molecule has 0 amide bonds. The Morgan fingerprint density at radius 2 is 2.04 bits per heavy atom. The minimum Gasteiger partial charge on any atom is -0.336 e. The second-order valence-corrected chi connectivity index (χ2v) is 6.13. The molecule has 6 nitrogen and oxygen atoms in total. The highest BCUT2D eigenvalue weighted by Crippen LogP contribution is 2.35. The number of halogens is 1. The van der Waals surface area contributed by atoms with Crippen molar-refractivity contribution >= 4 is 23.3 Å². The third-order valence-electron chi connectivity index (χ3n) is 4.39. The molecule has 0 bridgehead atoms. The van der Waals surface area contributed by atoms with Crippen LogP contribution in [-0.4, -0.2) is 50.3 Å². The van der Waals surface area contributed by atoms with E-state index in [4.69, 9.17) is 0 Å². The van der Waals surface area contributed by atoms with Crippen molar-refractivity contribution in [2.45, 2.75) is 25.9 Å². The van der Waals surface area contributed by atoms with Crippen molar-refractivity contribution in [2.75, 3.05) is 20.6 Å². The molecule has 1 aromatic carbocycles. The lowest BCUT2D eigenvalue weighted by atomic mass is 10.1. The summed E-state index contributed by atoms with van der Waals surface area (Å²) in [7, 11) is 4.21. The van der Waals surface area contributed by atoms with E-state index in [1.165, 1.54) is 22.2 Å². The summed E-state index contributed by atoms with van der Waals surface area (Å²) < 4.78 is 4.33. The number of para-hydroxylation sites is 1. The zero-order chi connectivity index (χ0) is 15.1. The van der Waals surface area contributed by atoms with Crippen LogP contribution < -0.4 is 0 Å². The number of aryl methyl sites for hydroxylation is 2. The molecule has 7 heteroatoms. The fourth-order valence-corrected chi connectivity index (χ4v) is 3.35. The zero-order valence-corrected chi connectivity index (χ0v) is 14.3. The van der Waals surface area contributed by atoms with Gasteiger partial charge in [0.05, 0.1) is 5.69 Å². The predicted octanol–water partition coefficient (Wildman–Crippen LogP) is 2.22. The van der Waals surface area contributed by atoms with Gasteiger partial charge in [-0.25, -0.2) is 4.68 Å². The summed E-state index contributed by atoms with van der Waals surface area (Å²) in [6.45, 7) is 2.82. The number of hydrogen-bond donors (Lipinski definition) is 0. The van der Waals surface area contributed by atoms with E-state index in [0.717, 1.165) is 38.3 Å². The number of nitrogens with zero attached hydrogens (tertiary/aromatic N) is 6. The Labute approximate surface area is 141 Å². The number of tetrazole rings is 1. The third-order valence-corrected chi connectivity index (χ3v) is 4.39. The van der Waals surface area contributed by atoms with E-state index >= 15 is 0 Å². The van der Waals surface area contributed by atoms with Crippen LogP contribution in [0.25, 0.3) is 22.4 Å². The molecule has 0 spiro atoms. The van der Waals surface area contributed by atoms with E-state index in [1.54, 1.807) is 0 Å². The Morgan fingerprint density at radius 3 is 2.87 bits per heavy atom. The maximum absolute atomic E-state index is 4.31. The van der Waals surface area contributed by atoms with Crippen molar-refractivity contribution in [1.82, 2.24) is 29.7 Å². The third kappa shape index (κ3) is 2.62. The van der Waals surface area contributed by atoms with Gasteiger partial charge < -0.3 is 9.47 Å². The minimum atomic E-state index is 0. The normalized spacial score (nSPS) is 13.5. The smallest absolute Gasteiger partial charge is 0.198 e. The summed E-state index contributed by atoms with van der Waals surface area (Å²) in [5.74, 6) is 0.905. The first-order valence-corrected chi connectivity index (χ1v) is 7.77. The van der Waals surface area contributed by atoms with E-state index in [9.17, 15) is 0 Å². The van der Waals surface area contributed by atoms with Gasteiger partial charge in [0.25, 0.3) is 0 Å². The number of likely N-dealkylation sites (N-methyl/N-ethyl adjacent to an activating group) is 1. The summed E-state index contributed by atoms with van der Waals surface area (Å²) in [5.41, 5.74) is 3.87. The first-order chi connectivity index (χ1) is 10.8. The Bertz CT molecular complexity index is 819. The number of aromatic nitrogens is 5. The van der Waals surface area contributed by atoms with Crippen molar-refractivity contribution < 1.29 is 0 Å². The van der Waals surface area contributed by atoms with Crippen molar-refractivity contribution in [3.8, 4) is 11.5 Å². The molecule has 0 fully saturated rings. The molecule has 0 saturated carbocycles. The highest BCUT2D eigenvalue weighted by atomic mass is 35.5. The zero-order valence-electron chi connectivity index (χ0n) is 13.4. The van der Waals surface area contributed by atoms with Crippen molar-refractivity contribution in [1.29, 1.82) is 0 Å². The van der Waals surface area contributed by atoms with Gasteiger partial charge in [0.15, 0.2) is 5.82 Å². The van der Waals surface area contributed by atoms with Crippen LogP contribution in [0.4, 0.5) is 0 Å². The standard InChI is InChI=1S/C16H20N6.ClH/c1-20(2)10-11-21-14-8-4-3-6-12(14)13-7-5-9-22-16(15(13)21)17-18-19-22;/h3-4,6,8H,5,7,9-11H2,1-2H3;1H. The fourth-order valence-electron chi connectivity index (χ4n) is 3.35. The van der Waals surface area contributed by atoms with Gasteiger partial charge in [-0.1, -0.05) is 18.2 Å². The van der Waals surface area contributed by atoms with Crippen molar-refractivity contribution in [2.24, 2.45) is 0 Å². The molecule has 3 heterocycles. The molecule has 2 aromatic heterocycles. The van der Waals surface area contributed by atoms with Gasteiger partial charge in [0.2, 0.25) is 0 Å². The summed E-state index contributed by atoms with van der Waals surface area (Å²) in [6.07, 6.45) is 2.14. The van der Waals surface area contributed by atoms with Gasteiger partial charge in [-0.2, -0.15) is 0 Å². The number of rotatable bonds is 3. The van der Waals surface area contributed by atoms with Crippen LogP contribution in [0.5, 0.6) is 0 Å². The first-order valence-electron chi connectivity index (χ1n) is 7.77. The quantitative estimate of drug-likeness (QED) is 0.738. The van der Waals surface area contributed by atoms with Crippen LogP contribution in [0.2, 0.25) is 0 Å². The number of hydrogen-bond acceptors (Lipinski definition) is 4. The lowest BCUT2D eigenvalue weighted by Crippen LogP contribution is -2.19. The Hall–Kier alpha value is -1.92. The van der Waals surface area contributed by atoms with E-state index in [-0.39, 0.29) is 12.4 Å². The SMILES string of the molecule is CN(C)CCn1c2c(c3ccccc31)CCCn1nnnc1-2.Cl. The van der Waals surface area contributed by atoms with E-state index in [2.05, 4.69) is 63.4 Å². The molecule has 0 radical (unpaired) electrons. The minimum absolute atomic E-state index is 0. The molecule has 0 saturated heterocycles. The van der Waals surface area contributed by atoms with Crippen LogP contribution in [0.3, 0.4) is 0 Å². The van der Waals surface area contributed by atoms with E-state index < -0.39 is 0 Å². The van der Waals surface area contributed by atoms with E-state index in [1.807, 2.05) is 4.68 Å². The lowest BCUT2D eigenvalue weighted by molar-refractivity contribution is 0.387. The maximum atomic E-state index is 4.31. The van der Waals surface area contributed by atoms with Crippen LogP contribution in [-0.2, 0) is 19.5 Å². The van der Waals surface area contributed by atoms with Crippen LogP contribution in [0.15, 0.2) is 24.3 Å². The van der Waals surface area contributed by atoms with Crippen LogP contribution in [0, 0.1) is 0 Å². The van der Waals surface area contributed by atoms with Gasteiger partial charge in [-0.15, -0.1) is 17.5 Å². The van der Waals surface area contributed by atoms with Gasteiger partial charge >= 0.3 is 0 Å². The second kappa shape index (κ2) is 6.29. The summed E-state index contributed by atoms with van der Waals surface area (Å²) in [5, 5.41) is 13.7. The highest BCUT2D eigenvalue weighted by molar-refractivity contribution is 5.91. The van der Waals surface area contributed by atoms with Gasteiger partial charge in [-0.05, 0) is 49.0 Å². The molecule has 0 unspecified atom stereocenters. The number of fused-ring (bicyclic) bond motifs is 5. The largest absolute Gasteiger partial charge is 0.336 e. The molecular formula is C16H21ClN6. The fraction of sp³-hybridized carbons (Fsp3) is 0.438. The molecule has 122 valence electrons. The monoisotopic (exact) mass is 332 g/mol. The Balaban J connectivity index is 0.00000156. The number of benzene rings is 1. The average Bonchev–Trinajstić information content (AvgIpc) is 3.04. The molecule has 3 aromatic rings. The maximum Gasteiger partial charge on any atom is 0.198 e. The molecule has 0 atom stereocenters. The molecule has 23 heavy (non-hydrogen) atoms. The summed E-state index contributed by atoms with van der Waals surface area (Å²) >= 11 is 0. The van der Waals surface area contributed by atoms with Crippen LogP contribution >= 0.6 is 12.4 Å². The Kier molecular flexibility index (Phi) is 4.37. The summed E-state index contributed by atoms with van der Waals surface area (Å²) in [6, 6.07) is 8.65. The predicted molar refractivity (Wildman–Crippen MR) is 92.9 cm³/mol. The first kappa shape index (κ1) is 16.0. The van der Waals surface area contributed by atoms with Crippen molar-refractivity contribution in [3.05, 3.63) is 29.8 Å². The topological polar surface area (TPSA) is 51.8 Å². The Morgan fingerprint density at radius 1 is 1.22 bits per heavy atom. The molecule has 1 aliphatic rings. The molecule has 0 N–H and O–H groups in total. The summed E-state index contributed by atoms with van der Waals surface area (Å²) in [4.78, 5) is 2.21. The van der Waals surface area contributed by atoms with Gasteiger partial charge in [-0.3, -0.25) is 0 Å². The molecule has 1 aliphatic heterocycles. The molecular weight excluding hydrogens is 312 g/mol. The molecule has 0 aliphatic carbocycles. The lowest BCUT2D eigenvalue weighted by Gasteiger charge is -2.14. The van der Waals surface area contributed by atoms with Crippen LogP contribution in [0.1, 0.15) is 12.0 Å². The second-order valence-electron chi connectivity index (χ2n) is 6.13. The van der Waals surface area contributed by atoms with E-state index in [0.29, 0.717) is 0 Å². The van der Waals surface area contributed by atoms with Crippen molar-refractivity contribution in [3.63, 3.8) is 0 Å². The highest BCUT2D eigenvalue weighted by Gasteiger charge is 2.25. The molecule has 4 rings (SSSR count). The van der Waals surface area contributed by atoms with Gasteiger partial charge in [0.1, 0.15) is 0 Å².